The summed E-state index contributed by atoms with van der Waals surface area (Å²) in [7, 11) is 0. The van der Waals surface area contributed by atoms with Gasteiger partial charge in [0.2, 0.25) is 0 Å². The fourth-order valence-corrected chi connectivity index (χ4v) is 3.59. The van der Waals surface area contributed by atoms with Crippen molar-refractivity contribution >= 4 is 35.6 Å². The molecule has 2 aromatic rings. The van der Waals surface area contributed by atoms with Gasteiger partial charge in [-0.05, 0) is 51.5 Å². The van der Waals surface area contributed by atoms with Crippen LogP contribution in [0.5, 0.6) is 0 Å². The Morgan fingerprint density at radius 3 is 2.79 bits per heavy atom. The second kappa shape index (κ2) is 9.32. The number of hydrogen-bond acceptors (Lipinski definition) is 6. The van der Waals surface area contributed by atoms with E-state index in [4.69, 9.17) is 10.7 Å². The van der Waals surface area contributed by atoms with Gasteiger partial charge in [0.1, 0.15) is 5.82 Å². The molecule has 152 valence electrons. The van der Waals surface area contributed by atoms with Crippen molar-refractivity contribution in [2.24, 2.45) is 15.7 Å². The molecule has 2 heterocycles. The van der Waals surface area contributed by atoms with Gasteiger partial charge >= 0.3 is 0 Å². The van der Waals surface area contributed by atoms with Crippen LogP contribution in [0.25, 0.3) is 10.9 Å². The first kappa shape index (κ1) is 20.5. The number of benzene rings is 1. The minimum absolute atomic E-state index is 0.00381. The van der Waals surface area contributed by atoms with Gasteiger partial charge in [0, 0.05) is 36.8 Å². The second-order valence-electron chi connectivity index (χ2n) is 7.13. The number of pyridine rings is 1. The molecule has 29 heavy (non-hydrogen) atoms. The van der Waals surface area contributed by atoms with Crippen molar-refractivity contribution in [3.8, 4) is 0 Å². The Labute approximate surface area is 171 Å². The van der Waals surface area contributed by atoms with Crippen LogP contribution in [-0.4, -0.2) is 36.9 Å². The number of carbonyl (C=O) groups is 1. The van der Waals surface area contributed by atoms with E-state index in [2.05, 4.69) is 46.0 Å². The summed E-state index contributed by atoms with van der Waals surface area (Å²) in [5.41, 5.74) is 8.95. The van der Waals surface area contributed by atoms with E-state index in [0.717, 1.165) is 53.8 Å². The lowest BCUT2D eigenvalue weighted by Gasteiger charge is -2.30. The lowest BCUT2D eigenvalue weighted by molar-refractivity contribution is -0.117. The van der Waals surface area contributed by atoms with E-state index in [1.54, 1.807) is 6.92 Å². The summed E-state index contributed by atoms with van der Waals surface area (Å²) < 4.78 is 0. The highest BCUT2D eigenvalue weighted by Gasteiger charge is 2.19. The third kappa shape index (κ3) is 4.62. The van der Waals surface area contributed by atoms with Crippen molar-refractivity contribution in [2.45, 2.75) is 39.7 Å². The van der Waals surface area contributed by atoms with Crippen LogP contribution in [0.4, 0.5) is 5.82 Å². The number of nitrogens with two attached hydrogens (primary N) is 1. The zero-order chi connectivity index (χ0) is 20.8. The van der Waals surface area contributed by atoms with Crippen molar-refractivity contribution < 1.29 is 4.79 Å². The molecule has 1 aliphatic rings. The van der Waals surface area contributed by atoms with E-state index in [1.165, 1.54) is 12.6 Å². The minimum atomic E-state index is -0.387. The molecule has 7 heteroatoms. The number of piperidine rings is 1. The van der Waals surface area contributed by atoms with Crippen LogP contribution in [0.3, 0.4) is 0 Å². The molecule has 0 spiro atoms. The van der Waals surface area contributed by atoms with Gasteiger partial charge in [-0.15, -0.1) is 0 Å². The maximum atomic E-state index is 12.6. The van der Waals surface area contributed by atoms with Gasteiger partial charge in [-0.25, -0.2) is 9.98 Å². The van der Waals surface area contributed by atoms with Crippen LogP contribution in [0, 0.1) is 6.92 Å². The average molecular weight is 393 g/mol. The summed E-state index contributed by atoms with van der Waals surface area (Å²) in [6, 6.07) is 8.26. The Bertz CT molecular complexity index is 973. The number of hydrogen-bond donors (Lipinski definition) is 2. The fourth-order valence-electron chi connectivity index (χ4n) is 3.59. The predicted octanol–water partition coefficient (Wildman–Crippen LogP) is 3.07. The number of nitrogens with one attached hydrogen (secondary N) is 1. The Morgan fingerprint density at radius 1 is 1.34 bits per heavy atom. The fraction of sp³-hybridized carbons (Fsp3) is 0.364. The molecule has 0 atom stereocenters. The van der Waals surface area contributed by atoms with Crippen LogP contribution in [0.1, 0.15) is 37.3 Å². The monoisotopic (exact) mass is 392 g/mol. The zero-order valence-electron chi connectivity index (χ0n) is 17.1. The number of fused-ring (bicyclic) bond motifs is 1. The van der Waals surface area contributed by atoms with Crippen LogP contribution >= 0.6 is 0 Å². The summed E-state index contributed by atoms with van der Waals surface area (Å²) in [6.07, 6.45) is 5.05. The number of aliphatic imine (C=N–C) groups is 2. The molecule has 1 fully saturated rings. The van der Waals surface area contributed by atoms with Crippen molar-refractivity contribution in [3.05, 3.63) is 46.9 Å². The predicted molar refractivity (Wildman–Crippen MR) is 119 cm³/mol. The number of carbonyl (C=O) groups excluding carboxylic acids is 1. The van der Waals surface area contributed by atoms with Gasteiger partial charge in [0.15, 0.2) is 11.5 Å². The van der Waals surface area contributed by atoms with Crippen LogP contribution in [-0.2, 0) is 11.3 Å². The molecule has 0 unspecified atom stereocenters. The van der Waals surface area contributed by atoms with Gasteiger partial charge in [0.25, 0.3) is 5.91 Å². The molecule has 0 aliphatic carbocycles. The number of para-hydroxylation sites is 1. The summed E-state index contributed by atoms with van der Waals surface area (Å²) in [5.74, 6) is 0.553. The molecule has 0 bridgehead atoms. The molecule has 3 rings (SSSR count). The van der Waals surface area contributed by atoms with Crippen molar-refractivity contribution in [3.63, 3.8) is 0 Å². The molecule has 1 amide bonds. The van der Waals surface area contributed by atoms with Gasteiger partial charge in [-0.2, -0.15) is 0 Å². The maximum absolute atomic E-state index is 12.6. The second-order valence-corrected chi connectivity index (χ2v) is 7.13. The Morgan fingerprint density at radius 2 is 2.10 bits per heavy atom. The van der Waals surface area contributed by atoms with Crippen LogP contribution in [0.2, 0.25) is 0 Å². The van der Waals surface area contributed by atoms with Gasteiger partial charge in [-0.3, -0.25) is 9.79 Å². The number of nitrogens with zero attached hydrogens (tertiary/aromatic N) is 4. The highest BCUT2D eigenvalue weighted by Crippen LogP contribution is 2.27. The van der Waals surface area contributed by atoms with Gasteiger partial charge in [0.05, 0.1) is 5.52 Å². The first-order valence-corrected chi connectivity index (χ1v) is 9.92. The standard InChI is InChI=1S/C22H28N6O/c1-4-25-19(20(23)24-3)22(29)26-14-17-13-16-10-8-9-15(2)18(16)27-21(17)28-11-6-5-7-12-28/h4,8-10,13H,3,5-7,11-12,14,23H2,1-2H3,(H,26,29)/b20-19-,25-4?. The van der Waals surface area contributed by atoms with Gasteiger partial charge in [-0.1, -0.05) is 18.2 Å². The van der Waals surface area contributed by atoms with Crippen molar-refractivity contribution in [1.82, 2.24) is 10.3 Å². The first-order valence-electron chi connectivity index (χ1n) is 9.92. The summed E-state index contributed by atoms with van der Waals surface area (Å²) >= 11 is 0. The zero-order valence-corrected chi connectivity index (χ0v) is 17.1. The van der Waals surface area contributed by atoms with E-state index < -0.39 is 0 Å². The lowest BCUT2D eigenvalue weighted by atomic mass is 10.1. The highest BCUT2D eigenvalue weighted by molar-refractivity contribution is 5.95. The maximum Gasteiger partial charge on any atom is 0.273 e. The van der Waals surface area contributed by atoms with Crippen molar-refractivity contribution in [1.29, 1.82) is 0 Å². The number of rotatable bonds is 6. The Kier molecular flexibility index (Phi) is 6.59. The van der Waals surface area contributed by atoms with E-state index in [1.807, 2.05) is 12.1 Å². The number of aryl methyl sites for hydroxylation is 1. The Hall–Kier alpha value is -3.22. The molecular formula is C22H28N6O. The third-order valence-electron chi connectivity index (χ3n) is 5.08. The van der Waals surface area contributed by atoms with E-state index in [-0.39, 0.29) is 17.4 Å². The highest BCUT2D eigenvalue weighted by atomic mass is 16.2. The topological polar surface area (TPSA) is 96.0 Å². The SMILES string of the molecule is C=N/C(N)=C(\N=CC)C(=O)NCc1cc2cccc(C)c2nc1N1CCCCC1. The third-order valence-corrected chi connectivity index (χ3v) is 5.08. The first-order chi connectivity index (χ1) is 14.0. The normalized spacial score (nSPS) is 15.4. The average Bonchev–Trinajstić information content (AvgIpc) is 2.75. The molecule has 3 N–H and O–H groups in total. The molecule has 1 aromatic heterocycles. The largest absolute Gasteiger partial charge is 0.382 e. The molecule has 1 aromatic carbocycles. The van der Waals surface area contributed by atoms with Crippen molar-refractivity contribution in [2.75, 3.05) is 18.0 Å². The molecule has 7 nitrogen and oxygen atoms in total. The lowest BCUT2D eigenvalue weighted by Crippen LogP contribution is -2.32. The Balaban J connectivity index is 1.94. The van der Waals surface area contributed by atoms with E-state index in [0.29, 0.717) is 6.54 Å². The summed E-state index contributed by atoms with van der Waals surface area (Å²) in [4.78, 5) is 27.6. The van der Waals surface area contributed by atoms with Gasteiger partial charge < -0.3 is 16.0 Å². The molecular weight excluding hydrogens is 364 g/mol. The summed E-state index contributed by atoms with van der Waals surface area (Å²) in [6.45, 7) is 9.45. The quantitative estimate of drug-likeness (QED) is 0.583. The minimum Gasteiger partial charge on any atom is -0.382 e. The molecule has 1 saturated heterocycles. The molecule has 0 saturated carbocycles. The summed E-state index contributed by atoms with van der Waals surface area (Å²) in [5, 5.41) is 3.97. The number of anilines is 1. The van der Waals surface area contributed by atoms with E-state index in [9.17, 15) is 4.79 Å². The van der Waals surface area contributed by atoms with E-state index >= 15 is 0 Å². The smallest absolute Gasteiger partial charge is 0.273 e. The number of aromatic nitrogens is 1. The molecule has 0 radical (unpaired) electrons. The molecule has 1 aliphatic heterocycles. The van der Waals surface area contributed by atoms with Crippen LogP contribution in [0.15, 0.2) is 45.8 Å². The number of amides is 1. The van der Waals surface area contributed by atoms with Crippen LogP contribution < -0.4 is 16.0 Å².